The Morgan fingerprint density at radius 3 is 2.57 bits per heavy atom. The van der Waals surface area contributed by atoms with Gasteiger partial charge in [0.2, 0.25) is 5.82 Å². The Balaban J connectivity index is 1.45. The molecule has 1 aromatic heterocycles. The van der Waals surface area contributed by atoms with Crippen LogP contribution in [-0.2, 0) is 9.53 Å². The molecule has 4 rings (SSSR count). The van der Waals surface area contributed by atoms with E-state index in [0.29, 0.717) is 38.2 Å². The first-order valence-electron chi connectivity index (χ1n) is 9.25. The summed E-state index contributed by atoms with van der Waals surface area (Å²) in [5, 5.41) is 0. The van der Waals surface area contributed by atoms with Gasteiger partial charge in [0.1, 0.15) is 12.4 Å². The molecular formula is C20H21FN4O3. The van der Waals surface area contributed by atoms with Crippen LogP contribution >= 0.6 is 0 Å². The number of rotatable bonds is 2. The van der Waals surface area contributed by atoms with E-state index in [9.17, 15) is 14.0 Å². The molecule has 8 heteroatoms. The van der Waals surface area contributed by atoms with Gasteiger partial charge in [0.25, 0.3) is 11.8 Å². The molecule has 0 aliphatic carbocycles. The fraction of sp³-hybridized carbons (Fsp3) is 0.400. The van der Waals surface area contributed by atoms with Gasteiger partial charge in [0, 0.05) is 30.7 Å². The van der Waals surface area contributed by atoms with E-state index in [1.54, 1.807) is 34.2 Å². The number of carbonyl (C=O) groups is 2. The van der Waals surface area contributed by atoms with Crippen LogP contribution in [0.1, 0.15) is 29.2 Å². The summed E-state index contributed by atoms with van der Waals surface area (Å²) in [6.07, 6.45) is 2.79. The molecule has 3 heterocycles. The molecule has 2 fully saturated rings. The Labute approximate surface area is 162 Å². The van der Waals surface area contributed by atoms with E-state index in [2.05, 4.69) is 9.97 Å². The number of piperidine rings is 1. The first-order valence-corrected chi connectivity index (χ1v) is 9.25. The molecule has 2 aliphatic heterocycles. The van der Waals surface area contributed by atoms with Crippen molar-refractivity contribution in [2.75, 3.05) is 31.1 Å². The number of aromatic nitrogens is 2. The number of nitrogens with zero attached hydrogens (tertiary/aromatic N) is 4. The van der Waals surface area contributed by atoms with E-state index in [1.807, 2.05) is 6.92 Å². The van der Waals surface area contributed by atoms with Gasteiger partial charge < -0.3 is 14.5 Å². The average molecular weight is 384 g/mol. The third kappa shape index (κ3) is 3.60. The molecule has 2 amide bonds. The van der Waals surface area contributed by atoms with Crippen LogP contribution in [0.4, 0.5) is 10.1 Å². The van der Waals surface area contributed by atoms with Gasteiger partial charge in [-0.2, -0.15) is 0 Å². The standard InChI is InChI=1S/C20H21FN4O3/c1-14-6-9-22-18(23-14)19(27)24-10-7-20(8-11-24)13-25(17(26)12-28-20)16-4-2-15(21)3-5-16/h2-6,9H,7-8,10-13H2,1H3. The highest BCUT2D eigenvalue weighted by Gasteiger charge is 2.43. The van der Waals surface area contributed by atoms with E-state index < -0.39 is 5.60 Å². The number of aryl methyl sites for hydroxylation is 1. The number of carbonyl (C=O) groups excluding carboxylic acids is 2. The van der Waals surface area contributed by atoms with Gasteiger partial charge in [-0.05, 0) is 50.1 Å². The van der Waals surface area contributed by atoms with Gasteiger partial charge in [0.05, 0.1) is 12.1 Å². The average Bonchev–Trinajstić information content (AvgIpc) is 2.71. The number of morpholine rings is 1. The van der Waals surface area contributed by atoms with Gasteiger partial charge in [-0.15, -0.1) is 0 Å². The van der Waals surface area contributed by atoms with Crippen molar-refractivity contribution in [1.82, 2.24) is 14.9 Å². The Kier molecular flexibility index (Phi) is 4.80. The lowest BCUT2D eigenvalue weighted by Crippen LogP contribution is -2.59. The van der Waals surface area contributed by atoms with Crippen LogP contribution in [0, 0.1) is 12.7 Å². The zero-order chi connectivity index (χ0) is 19.7. The number of anilines is 1. The predicted octanol–water partition coefficient (Wildman–Crippen LogP) is 1.96. The minimum absolute atomic E-state index is 0.0215. The van der Waals surface area contributed by atoms with Crippen LogP contribution in [0.2, 0.25) is 0 Å². The summed E-state index contributed by atoms with van der Waals surface area (Å²) in [4.78, 5) is 36.6. The Morgan fingerprint density at radius 1 is 1.18 bits per heavy atom. The van der Waals surface area contributed by atoms with Crippen molar-refractivity contribution in [2.24, 2.45) is 0 Å². The Hall–Kier alpha value is -2.87. The van der Waals surface area contributed by atoms with Gasteiger partial charge in [-0.3, -0.25) is 9.59 Å². The summed E-state index contributed by atoms with van der Waals surface area (Å²) in [5.41, 5.74) is 0.892. The highest BCUT2D eigenvalue weighted by Crippen LogP contribution is 2.33. The highest BCUT2D eigenvalue weighted by atomic mass is 19.1. The monoisotopic (exact) mass is 384 g/mol. The van der Waals surface area contributed by atoms with Crippen LogP contribution in [0.5, 0.6) is 0 Å². The summed E-state index contributed by atoms with van der Waals surface area (Å²) in [5.74, 6) is -0.488. The molecule has 1 spiro atoms. The minimum Gasteiger partial charge on any atom is -0.363 e. The van der Waals surface area contributed by atoms with Gasteiger partial charge in [-0.1, -0.05) is 0 Å². The first-order chi connectivity index (χ1) is 13.5. The molecule has 0 radical (unpaired) electrons. The number of halogens is 1. The van der Waals surface area contributed by atoms with E-state index >= 15 is 0 Å². The molecule has 0 bridgehead atoms. The second kappa shape index (κ2) is 7.27. The molecule has 28 heavy (non-hydrogen) atoms. The third-order valence-electron chi connectivity index (χ3n) is 5.34. The first kappa shape index (κ1) is 18.5. The maximum Gasteiger partial charge on any atom is 0.291 e. The number of benzene rings is 1. The van der Waals surface area contributed by atoms with Crippen molar-refractivity contribution < 1.29 is 18.7 Å². The zero-order valence-electron chi connectivity index (χ0n) is 15.6. The van der Waals surface area contributed by atoms with Crippen LogP contribution in [0.3, 0.4) is 0 Å². The van der Waals surface area contributed by atoms with Crippen molar-refractivity contribution >= 4 is 17.5 Å². The van der Waals surface area contributed by atoms with Gasteiger partial charge in [-0.25, -0.2) is 14.4 Å². The van der Waals surface area contributed by atoms with E-state index in [-0.39, 0.29) is 30.1 Å². The molecule has 0 unspecified atom stereocenters. The van der Waals surface area contributed by atoms with E-state index in [0.717, 1.165) is 5.69 Å². The maximum atomic E-state index is 13.2. The number of hydrogen-bond acceptors (Lipinski definition) is 5. The van der Waals surface area contributed by atoms with Crippen molar-refractivity contribution in [1.29, 1.82) is 0 Å². The molecular weight excluding hydrogens is 363 g/mol. The lowest BCUT2D eigenvalue weighted by molar-refractivity contribution is -0.143. The molecule has 2 aromatic rings. The van der Waals surface area contributed by atoms with Crippen LogP contribution in [0.25, 0.3) is 0 Å². The summed E-state index contributed by atoms with van der Waals surface area (Å²) >= 11 is 0. The van der Waals surface area contributed by atoms with Crippen molar-refractivity contribution in [2.45, 2.75) is 25.4 Å². The largest absolute Gasteiger partial charge is 0.363 e. The molecule has 146 valence electrons. The molecule has 0 N–H and O–H groups in total. The molecule has 7 nitrogen and oxygen atoms in total. The molecule has 0 saturated carbocycles. The zero-order valence-corrected chi connectivity index (χ0v) is 15.6. The fourth-order valence-corrected chi connectivity index (χ4v) is 3.68. The van der Waals surface area contributed by atoms with Crippen molar-refractivity contribution in [3.05, 3.63) is 53.9 Å². The van der Waals surface area contributed by atoms with Crippen molar-refractivity contribution in [3.63, 3.8) is 0 Å². The van der Waals surface area contributed by atoms with Crippen molar-refractivity contribution in [3.8, 4) is 0 Å². The molecule has 0 atom stereocenters. The SMILES string of the molecule is Cc1ccnc(C(=O)N2CCC3(CC2)CN(c2ccc(F)cc2)C(=O)CO3)n1. The van der Waals surface area contributed by atoms with Gasteiger partial charge >= 0.3 is 0 Å². The normalized spacial score (nSPS) is 19.1. The quantitative estimate of drug-likeness (QED) is 0.791. The third-order valence-corrected chi connectivity index (χ3v) is 5.34. The maximum absolute atomic E-state index is 13.2. The van der Waals surface area contributed by atoms with E-state index in [4.69, 9.17) is 4.74 Å². The summed E-state index contributed by atoms with van der Waals surface area (Å²) in [6.45, 7) is 3.19. The van der Waals surface area contributed by atoms with E-state index in [1.165, 1.54) is 12.1 Å². The lowest BCUT2D eigenvalue weighted by atomic mass is 9.89. The summed E-state index contributed by atoms with van der Waals surface area (Å²) in [6, 6.07) is 7.63. The second-order valence-corrected chi connectivity index (χ2v) is 7.24. The fourth-order valence-electron chi connectivity index (χ4n) is 3.68. The smallest absolute Gasteiger partial charge is 0.291 e. The Morgan fingerprint density at radius 2 is 1.89 bits per heavy atom. The lowest BCUT2D eigenvalue weighted by Gasteiger charge is -2.46. The minimum atomic E-state index is -0.507. The molecule has 1 aromatic carbocycles. The highest BCUT2D eigenvalue weighted by molar-refractivity contribution is 5.95. The number of hydrogen-bond donors (Lipinski definition) is 0. The van der Waals surface area contributed by atoms with Crippen LogP contribution in [0.15, 0.2) is 36.5 Å². The molecule has 2 aliphatic rings. The van der Waals surface area contributed by atoms with Crippen LogP contribution < -0.4 is 4.90 Å². The topological polar surface area (TPSA) is 75.6 Å². The molecule has 2 saturated heterocycles. The van der Waals surface area contributed by atoms with Crippen LogP contribution in [-0.4, -0.2) is 58.5 Å². The number of amides is 2. The summed E-state index contributed by atoms with van der Waals surface area (Å²) < 4.78 is 19.1. The second-order valence-electron chi connectivity index (χ2n) is 7.24. The number of ether oxygens (including phenoxy) is 1. The Bertz CT molecular complexity index is 895. The predicted molar refractivity (Wildman–Crippen MR) is 99.3 cm³/mol. The summed E-state index contributed by atoms with van der Waals surface area (Å²) in [7, 11) is 0. The van der Waals surface area contributed by atoms with Gasteiger partial charge in [0.15, 0.2) is 0 Å². The number of likely N-dealkylation sites (tertiary alicyclic amines) is 1.